The molecule has 0 saturated carbocycles. The lowest BCUT2D eigenvalue weighted by Gasteiger charge is -2.15. The van der Waals surface area contributed by atoms with Crippen molar-refractivity contribution in [2.75, 3.05) is 12.8 Å². The van der Waals surface area contributed by atoms with Gasteiger partial charge in [-0.2, -0.15) is 0 Å². The summed E-state index contributed by atoms with van der Waals surface area (Å²) in [5, 5.41) is 3.73. The molecule has 4 heteroatoms. The standard InChI is InChI=1S/C15H20N2O2/c1-4-10(5-2)11-6-7-13(18-3)12(8-11)14-9-15(16)17-19-14/h6-10H,4-5H2,1-3H3,(H2,16,17). The van der Waals surface area contributed by atoms with Gasteiger partial charge in [-0.3, -0.25) is 0 Å². The molecule has 0 spiro atoms. The molecule has 0 aliphatic carbocycles. The zero-order valence-electron chi connectivity index (χ0n) is 11.6. The van der Waals surface area contributed by atoms with Crippen LogP contribution in [0.2, 0.25) is 0 Å². The number of ether oxygens (including phenoxy) is 1. The third kappa shape index (κ3) is 2.72. The molecule has 0 saturated heterocycles. The summed E-state index contributed by atoms with van der Waals surface area (Å²) in [6.45, 7) is 4.40. The molecule has 1 aromatic heterocycles. The third-order valence-corrected chi connectivity index (χ3v) is 3.47. The van der Waals surface area contributed by atoms with Crippen molar-refractivity contribution in [2.45, 2.75) is 32.6 Å². The lowest BCUT2D eigenvalue weighted by atomic mass is 9.92. The predicted octanol–water partition coefficient (Wildman–Crippen LogP) is 3.84. The molecule has 0 atom stereocenters. The van der Waals surface area contributed by atoms with Crippen LogP contribution >= 0.6 is 0 Å². The van der Waals surface area contributed by atoms with Crippen LogP contribution in [0.1, 0.15) is 38.2 Å². The van der Waals surface area contributed by atoms with Crippen LogP contribution in [-0.4, -0.2) is 12.3 Å². The molecule has 2 aromatic rings. The van der Waals surface area contributed by atoms with Gasteiger partial charge in [-0.25, -0.2) is 0 Å². The van der Waals surface area contributed by atoms with E-state index in [2.05, 4.69) is 31.1 Å². The van der Waals surface area contributed by atoms with Crippen molar-refractivity contribution in [2.24, 2.45) is 0 Å². The second kappa shape index (κ2) is 5.78. The average Bonchev–Trinajstić information content (AvgIpc) is 2.86. The molecule has 1 aromatic carbocycles. The van der Waals surface area contributed by atoms with Gasteiger partial charge in [0.05, 0.1) is 12.7 Å². The number of aromatic nitrogens is 1. The van der Waals surface area contributed by atoms with Crippen LogP contribution in [0, 0.1) is 0 Å². The van der Waals surface area contributed by atoms with E-state index < -0.39 is 0 Å². The van der Waals surface area contributed by atoms with Gasteiger partial charge in [0, 0.05) is 6.07 Å². The number of hydrogen-bond acceptors (Lipinski definition) is 4. The van der Waals surface area contributed by atoms with Crippen molar-refractivity contribution < 1.29 is 9.26 Å². The molecule has 4 nitrogen and oxygen atoms in total. The quantitative estimate of drug-likeness (QED) is 0.887. The number of rotatable bonds is 5. The summed E-state index contributed by atoms with van der Waals surface area (Å²) in [5.41, 5.74) is 7.80. The number of hydrogen-bond donors (Lipinski definition) is 1. The molecular weight excluding hydrogens is 240 g/mol. The zero-order chi connectivity index (χ0) is 13.8. The molecule has 2 rings (SSSR count). The summed E-state index contributed by atoms with van der Waals surface area (Å²) in [7, 11) is 1.65. The van der Waals surface area contributed by atoms with E-state index in [9.17, 15) is 0 Å². The summed E-state index contributed by atoms with van der Waals surface area (Å²) >= 11 is 0. The highest BCUT2D eigenvalue weighted by Crippen LogP contribution is 2.35. The molecule has 0 radical (unpaired) electrons. The minimum absolute atomic E-state index is 0.380. The second-order valence-corrected chi connectivity index (χ2v) is 4.59. The van der Waals surface area contributed by atoms with E-state index in [4.69, 9.17) is 15.0 Å². The van der Waals surface area contributed by atoms with E-state index in [1.54, 1.807) is 13.2 Å². The summed E-state index contributed by atoms with van der Waals surface area (Å²) in [6.07, 6.45) is 2.22. The molecule has 0 unspecified atom stereocenters. The van der Waals surface area contributed by atoms with Crippen LogP contribution < -0.4 is 10.5 Å². The number of nitrogens with zero attached hydrogens (tertiary/aromatic N) is 1. The first-order valence-electron chi connectivity index (χ1n) is 6.60. The molecule has 102 valence electrons. The Morgan fingerprint density at radius 1 is 1.26 bits per heavy atom. The maximum Gasteiger partial charge on any atom is 0.172 e. The van der Waals surface area contributed by atoms with E-state index in [1.165, 1.54) is 5.56 Å². The Labute approximate surface area is 113 Å². The number of benzene rings is 1. The van der Waals surface area contributed by atoms with E-state index >= 15 is 0 Å². The van der Waals surface area contributed by atoms with Crippen LogP contribution in [-0.2, 0) is 0 Å². The largest absolute Gasteiger partial charge is 0.496 e. The first-order valence-corrected chi connectivity index (χ1v) is 6.60. The minimum Gasteiger partial charge on any atom is -0.496 e. The summed E-state index contributed by atoms with van der Waals surface area (Å²) < 4.78 is 10.6. The van der Waals surface area contributed by atoms with Crippen molar-refractivity contribution in [3.8, 4) is 17.1 Å². The number of methoxy groups -OCH3 is 1. The lowest BCUT2D eigenvalue weighted by molar-refractivity contribution is 0.406. The minimum atomic E-state index is 0.380. The van der Waals surface area contributed by atoms with E-state index in [0.717, 1.165) is 24.2 Å². The molecule has 19 heavy (non-hydrogen) atoms. The molecule has 0 aliphatic rings. The van der Waals surface area contributed by atoms with Gasteiger partial charge in [0.2, 0.25) is 0 Å². The molecule has 0 amide bonds. The van der Waals surface area contributed by atoms with Gasteiger partial charge < -0.3 is 15.0 Å². The predicted molar refractivity (Wildman–Crippen MR) is 76.2 cm³/mol. The highest BCUT2D eigenvalue weighted by molar-refractivity contribution is 5.68. The Morgan fingerprint density at radius 3 is 2.53 bits per heavy atom. The van der Waals surface area contributed by atoms with Crippen molar-refractivity contribution in [3.05, 3.63) is 29.8 Å². The van der Waals surface area contributed by atoms with Gasteiger partial charge in [0.15, 0.2) is 11.6 Å². The zero-order valence-corrected chi connectivity index (χ0v) is 11.6. The fourth-order valence-corrected chi connectivity index (χ4v) is 2.35. The van der Waals surface area contributed by atoms with Crippen LogP contribution in [0.15, 0.2) is 28.8 Å². The highest BCUT2D eigenvalue weighted by Gasteiger charge is 2.15. The van der Waals surface area contributed by atoms with Crippen LogP contribution in [0.25, 0.3) is 11.3 Å². The fraction of sp³-hybridized carbons (Fsp3) is 0.400. The fourth-order valence-electron chi connectivity index (χ4n) is 2.35. The van der Waals surface area contributed by atoms with Crippen molar-refractivity contribution in [3.63, 3.8) is 0 Å². The first-order chi connectivity index (χ1) is 9.19. The van der Waals surface area contributed by atoms with E-state index in [0.29, 0.717) is 17.5 Å². The molecular formula is C15H20N2O2. The topological polar surface area (TPSA) is 61.3 Å². The SMILES string of the molecule is CCC(CC)c1ccc(OC)c(-c2cc(N)no2)c1. The Kier molecular flexibility index (Phi) is 4.10. The van der Waals surface area contributed by atoms with Crippen molar-refractivity contribution in [1.29, 1.82) is 0 Å². The monoisotopic (exact) mass is 260 g/mol. The summed E-state index contributed by atoms with van der Waals surface area (Å²) in [6, 6.07) is 7.91. The number of nitrogens with two attached hydrogens (primary N) is 1. The maximum absolute atomic E-state index is 5.61. The van der Waals surface area contributed by atoms with Gasteiger partial charge in [0.1, 0.15) is 5.75 Å². The molecule has 2 N–H and O–H groups in total. The van der Waals surface area contributed by atoms with Crippen LogP contribution in [0.4, 0.5) is 5.82 Å². The first kappa shape index (κ1) is 13.5. The van der Waals surface area contributed by atoms with Gasteiger partial charge in [0.25, 0.3) is 0 Å². The summed E-state index contributed by atoms with van der Waals surface area (Å²) in [5.74, 6) is 2.34. The van der Waals surface area contributed by atoms with Gasteiger partial charge >= 0.3 is 0 Å². The van der Waals surface area contributed by atoms with Gasteiger partial charge in [-0.05, 0) is 36.5 Å². The Hall–Kier alpha value is -1.97. The average molecular weight is 260 g/mol. The second-order valence-electron chi connectivity index (χ2n) is 4.59. The highest BCUT2D eigenvalue weighted by atomic mass is 16.5. The Bertz CT molecular complexity index is 545. The van der Waals surface area contributed by atoms with Crippen LogP contribution in [0.3, 0.4) is 0 Å². The normalized spacial score (nSPS) is 10.9. The van der Waals surface area contributed by atoms with E-state index in [1.807, 2.05) is 6.07 Å². The van der Waals surface area contributed by atoms with E-state index in [-0.39, 0.29) is 0 Å². The van der Waals surface area contributed by atoms with Crippen LogP contribution in [0.5, 0.6) is 5.75 Å². The Morgan fingerprint density at radius 2 is 2.00 bits per heavy atom. The molecule has 1 heterocycles. The van der Waals surface area contributed by atoms with Gasteiger partial charge in [-0.1, -0.05) is 25.1 Å². The van der Waals surface area contributed by atoms with Crippen molar-refractivity contribution in [1.82, 2.24) is 5.16 Å². The lowest BCUT2D eigenvalue weighted by Crippen LogP contribution is -1.97. The maximum atomic E-state index is 5.61. The smallest absolute Gasteiger partial charge is 0.172 e. The Balaban J connectivity index is 2.47. The third-order valence-electron chi connectivity index (χ3n) is 3.47. The van der Waals surface area contributed by atoms with Gasteiger partial charge in [-0.15, -0.1) is 0 Å². The molecule has 0 fully saturated rings. The number of anilines is 1. The summed E-state index contributed by atoms with van der Waals surface area (Å²) in [4.78, 5) is 0. The van der Waals surface area contributed by atoms with Crippen molar-refractivity contribution >= 4 is 5.82 Å². The molecule has 0 bridgehead atoms. The molecule has 0 aliphatic heterocycles. The number of nitrogen functional groups attached to an aromatic ring is 1.